The highest BCUT2D eigenvalue weighted by Gasteiger charge is 2.38. The maximum absolute atomic E-state index is 13.1. The number of carbonyl (C=O) groups is 2. The molecular formula is C30H31N3O3. The van der Waals surface area contributed by atoms with Gasteiger partial charge in [-0.15, -0.1) is 0 Å². The summed E-state index contributed by atoms with van der Waals surface area (Å²) in [5.41, 5.74) is 6.02. The Hall–Kier alpha value is -3.90. The lowest BCUT2D eigenvalue weighted by molar-refractivity contribution is -0.135. The molecule has 2 aliphatic heterocycles. The van der Waals surface area contributed by atoms with Crippen LogP contribution in [-0.4, -0.2) is 35.4 Å². The largest absolute Gasteiger partial charge is 0.339 e. The predicted octanol–water partition coefficient (Wildman–Crippen LogP) is 5.05. The van der Waals surface area contributed by atoms with Crippen LogP contribution in [0.15, 0.2) is 91.0 Å². The molecule has 2 amide bonds. The van der Waals surface area contributed by atoms with E-state index in [-0.39, 0.29) is 11.8 Å². The number of benzene rings is 3. The zero-order chi connectivity index (χ0) is 25.0. The molecule has 1 fully saturated rings. The van der Waals surface area contributed by atoms with Crippen molar-refractivity contribution in [1.82, 2.24) is 10.4 Å². The van der Waals surface area contributed by atoms with Crippen LogP contribution in [0.3, 0.4) is 0 Å². The molecule has 1 unspecified atom stereocenters. The number of hydrogen-bond acceptors (Lipinski definition) is 4. The van der Waals surface area contributed by atoms with Crippen molar-refractivity contribution < 1.29 is 14.4 Å². The van der Waals surface area contributed by atoms with Gasteiger partial charge in [0, 0.05) is 24.3 Å². The quantitative estimate of drug-likeness (QED) is 0.517. The van der Waals surface area contributed by atoms with Gasteiger partial charge >= 0.3 is 0 Å². The molecular weight excluding hydrogens is 450 g/mol. The zero-order valence-corrected chi connectivity index (χ0v) is 20.4. The van der Waals surface area contributed by atoms with E-state index in [1.165, 1.54) is 5.56 Å². The van der Waals surface area contributed by atoms with Gasteiger partial charge in [0.1, 0.15) is 0 Å². The first-order valence-electron chi connectivity index (χ1n) is 12.5. The Labute approximate surface area is 211 Å². The summed E-state index contributed by atoms with van der Waals surface area (Å²) in [5.74, 6) is 0.419. The predicted molar refractivity (Wildman–Crippen MR) is 141 cm³/mol. The van der Waals surface area contributed by atoms with Crippen molar-refractivity contribution in [3.63, 3.8) is 0 Å². The molecule has 0 radical (unpaired) electrons. The molecule has 6 heteroatoms. The molecule has 2 heterocycles. The van der Waals surface area contributed by atoms with E-state index in [1.54, 1.807) is 13.0 Å². The smallest absolute Gasteiger partial charge is 0.263 e. The molecule has 0 aliphatic carbocycles. The third kappa shape index (κ3) is 5.34. The lowest BCUT2D eigenvalue weighted by Gasteiger charge is -2.32. The van der Waals surface area contributed by atoms with Crippen molar-refractivity contribution in [3.8, 4) is 0 Å². The second-order valence-electron chi connectivity index (χ2n) is 9.69. The minimum absolute atomic E-state index is 0.0661. The number of carbonyl (C=O) groups excluding carboxylic acids is 2. The summed E-state index contributed by atoms with van der Waals surface area (Å²) in [6.45, 7) is 3.28. The molecule has 1 saturated heterocycles. The highest BCUT2D eigenvalue weighted by Crippen LogP contribution is 2.28. The normalized spacial score (nSPS) is 19.9. The number of piperidine rings is 1. The molecule has 1 atom stereocenters. The number of likely N-dealkylation sites (tertiary alicyclic amines) is 1. The molecule has 3 aromatic carbocycles. The first kappa shape index (κ1) is 23.8. The topological polar surface area (TPSA) is 70.7 Å². The standard InChI is InChI=1S/C30H31N3O3/c1-30(29(35)31-26-10-6-3-7-11-26)21-27(32-36-30)24-12-14-25(15-13-24)28(34)33-18-16-23(17-19-33)20-22-8-4-2-5-9-22/h2-15,21,23,32H,16-20H2,1H3,(H,31,35). The maximum Gasteiger partial charge on any atom is 0.263 e. The van der Waals surface area contributed by atoms with Crippen molar-refractivity contribution in [2.45, 2.75) is 31.8 Å². The van der Waals surface area contributed by atoms with Gasteiger partial charge in [-0.3, -0.25) is 19.9 Å². The van der Waals surface area contributed by atoms with Gasteiger partial charge in [-0.2, -0.15) is 0 Å². The van der Waals surface area contributed by atoms with Crippen LogP contribution in [0.1, 0.15) is 41.3 Å². The van der Waals surface area contributed by atoms with Crippen molar-refractivity contribution in [3.05, 3.63) is 108 Å². The van der Waals surface area contributed by atoms with Gasteiger partial charge in [0.25, 0.3) is 11.8 Å². The van der Waals surface area contributed by atoms with E-state index in [2.05, 4.69) is 35.1 Å². The second kappa shape index (κ2) is 10.4. The fourth-order valence-electron chi connectivity index (χ4n) is 4.79. The van der Waals surface area contributed by atoms with Crippen LogP contribution in [0.4, 0.5) is 5.69 Å². The minimum Gasteiger partial charge on any atom is -0.339 e. The third-order valence-electron chi connectivity index (χ3n) is 6.99. The highest BCUT2D eigenvalue weighted by molar-refractivity contribution is 6.00. The molecule has 2 N–H and O–H groups in total. The first-order chi connectivity index (χ1) is 17.5. The molecule has 6 nitrogen and oxygen atoms in total. The fraction of sp³-hybridized carbons (Fsp3) is 0.267. The SMILES string of the molecule is CC1(C(=O)Nc2ccccc2)C=C(c2ccc(C(=O)N3CCC(Cc4ccccc4)CC3)cc2)NO1. The number of anilines is 1. The molecule has 0 aromatic heterocycles. The molecule has 36 heavy (non-hydrogen) atoms. The van der Waals surface area contributed by atoms with E-state index in [0.717, 1.165) is 37.9 Å². The van der Waals surface area contributed by atoms with E-state index in [0.29, 0.717) is 22.9 Å². The summed E-state index contributed by atoms with van der Waals surface area (Å²) >= 11 is 0. The lowest BCUT2D eigenvalue weighted by atomic mass is 9.90. The first-order valence-corrected chi connectivity index (χ1v) is 12.5. The van der Waals surface area contributed by atoms with Crippen molar-refractivity contribution >= 4 is 23.2 Å². The Morgan fingerprint density at radius 1 is 0.944 bits per heavy atom. The van der Waals surface area contributed by atoms with Gasteiger partial charge in [-0.05, 0) is 73.6 Å². The number of rotatable bonds is 6. The second-order valence-corrected chi connectivity index (χ2v) is 9.69. The van der Waals surface area contributed by atoms with Crippen LogP contribution in [0.25, 0.3) is 5.70 Å². The van der Waals surface area contributed by atoms with Crippen LogP contribution in [-0.2, 0) is 16.1 Å². The number of para-hydroxylation sites is 1. The number of nitrogens with zero attached hydrogens (tertiary/aromatic N) is 1. The Morgan fingerprint density at radius 2 is 1.58 bits per heavy atom. The van der Waals surface area contributed by atoms with Gasteiger partial charge in [0.15, 0.2) is 5.60 Å². The zero-order valence-electron chi connectivity index (χ0n) is 20.4. The van der Waals surface area contributed by atoms with E-state index in [1.807, 2.05) is 65.6 Å². The molecule has 0 spiro atoms. The molecule has 184 valence electrons. The van der Waals surface area contributed by atoms with E-state index in [4.69, 9.17) is 4.84 Å². The Bertz CT molecular complexity index is 1230. The summed E-state index contributed by atoms with van der Waals surface area (Å²) in [6, 6.07) is 27.3. The lowest BCUT2D eigenvalue weighted by Crippen LogP contribution is -2.40. The molecule has 3 aromatic rings. The van der Waals surface area contributed by atoms with Crippen molar-refractivity contribution in [1.29, 1.82) is 0 Å². The molecule has 5 rings (SSSR count). The molecule has 2 aliphatic rings. The Morgan fingerprint density at radius 3 is 2.25 bits per heavy atom. The van der Waals surface area contributed by atoms with Crippen LogP contribution in [0, 0.1) is 5.92 Å². The molecule has 0 bridgehead atoms. The molecule has 0 saturated carbocycles. The van der Waals surface area contributed by atoms with Gasteiger partial charge in [0.05, 0.1) is 5.70 Å². The van der Waals surface area contributed by atoms with Crippen LogP contribution in [0.5, 0.6) is 0 Å². The monoisotopic (exact) mass is 481 g/mol. The Balaban J connectivity index is 1.18. The highest BCUT2D eigenvalue weighted by atomic mass is 16.7. The summed E-state index contributed by atoms with van der Waals surface area (Å²) in [7, 11) is 0. The number of nitrogens with one attached hydrogen (secondary N) is 2. The third-order valence-corrected chi connectivity index (χ3v) is 6.99. The van der Waals surface area contributed by atoms with Gasteiger partial charge in [-0.1, -0.05) is 60.7 Å². The van der Waals surface area contributed by atoms with Gasteiger partial charge in [0.2, 0.25) is 0 Å². The van der Waals surface area contributed by atoms with Gasteiger partial charge < -0.3 is 10.2 Å². The van der Waals surface area contributed by atoms with E-state index in [9.17, 15) is 9.59 Å². The van der Waals surface area contributed by atoms with E-state index >= 15 is 0 Å². The summed E-state index contributed by atoms with van der Waals surface area (Å²) in [4.78, 5) is 33.5. The summed E-state index contributed by atoms with van der Waals surface area (Å²) in [5, 5.41) is 2.87. The van der Waals surface area contributed by atoms with Crippen LogP contribution >= 0.6 is 0 Å². The van der Waals surface area contributed by atoms with Crippen molar-refractivity contribution in [2.75, 3.05) is 18.4 Å². The number of hydroxylamine groups is 1. The average Bonchev–Trinajstić information content (AvgIpc) is 3.33. The maximum atomic E-state index is 13.1. The van der Waals surface area contributed by atoms with Crippen LogP contribution in [0.2, 0.25) is 0 Å². The van der Waals surface area contributed by atoms with Crippen LogP contribution < -0.4 is 10.8 Å². The fourth-order valence-corrected chi connectivity index (χ4v) is 4.79. The van der Waals surface area contributed by atoms with Crippen molar-refractivity contribution in [2.24, 2.45) is 5.92 Å². The average molecular weight is 482 g/mol. The summed E-state index contributed by atoms with van der Waals surface area (Å²) < 4.78 is 0. The number of amides is 2. The van der Waals surface area contributed by atoms with Gasteiger partial charge in [-0.25, -0.2) is 0 Å². The Kier molecular flexibility index (Phi) is 6.87. The van der Waals surface area contributed by atoms with E-state index < -0.39 is 5.60 Å². The minimum atomic E-state index is -1.15. The number of hydrogen-bond donors (Lipinski definition) is 2. The summed E-state index contributed by atoms with van der Waals surface area (Å²) in [6.07, 6.45) is 4.89.